The first kappa shape index (κ1) is 10.0. The number of nitrogens with one attached hydrogen (secondary N) is 2. The number of amidine groups is 1. The molecule has 1 rings (SSSR count). The highest BCUT2D eigenvalue weighted by atomic mass is 32.2. The van der Waals surface area contributed by atoms with Gasteiger partial charge in [-0.1, -0.05) is 11.8 Å². The second-order valence-electron chi connectivity index (χ2n) is 2.49. The molecule has 0 spiro atoms. The molecule has 6 heteroatoms. The highest BCUT2D eigenvalue weighted by Gasteiger charge is 2.10. The first-order valence-corrected chi connectivity index (χ1v) is 4.88. The van der Waals surface area contributed by atoms with E-state index in [9.17, 15) is 9.59 Å². The van der Waals surface area contributed by atoms with Crippen molar-refractivity contribution >= 4 is 28.7 Å². The Labute approximate surface area is 80.4 Å². The lowest BCUT2D eigenvalue weighted by atomic mass is 10.5. The van der Waals surface area contributed by atoms with Gasteiger partial charge < -0.3 is 10.6 Å². The molecule has 13 heavy (non-hydrogen) atoms. The summed E-state index contributed by atoms with van der Waals surface area (Å²) in [5, 5.41) is 5.65. The maximum Gasteiger partial charge on any atom is 0.245 e. The molecule has 0 aromatic rings. The Morgan fingerprint density at radius 3 is 2.92 bits per heavy atom. The summed E-state index contributed by atoms with van der Waals surface area (Å²) < 4.78 is 0. The zero-order chi connectivity index (χ0) is 9.68. The minimum atomic E-state index is -0.233. The first-order chi connectivity index (χ1) is 6.18. The third-order valence-corrected chi connectivity index (χ3v) is 2.22. The molecule has 0 atom stereocenters. The Balaban J connectivity index is 2.21. The molecule has 1 aliphatic heterocycles. The van der Waals surface area contributed by atoms with Gasteiger partial charge in [0.1, 0.15) is 0 Å². The average molecular weight is 201 g/mol. The van der Waals surface area contributed by atoms with Crippen molar-refractivity contribution in [1.29, 1.82) is 0 Å². The fourth-order valence-corrected chi connectivity index (χ4v) is 1.52. The lowest BCUT2D eigenvalue weighted by Gasteiger charge is -2.03. The van der Waals surface area contributed by atoms with Gasteiger partial charge in [-0.25, -0.2) is 0 Å². The summed E-state index contributed by atoms with van der Waals surface area (Å²) in [6, 6.07) is 0. The molecule has 0 aliphatic carbocycles. The summed E-state index contributed by atoms with van der Waals surface area (Å²) in [4.78, 5) is 25.6. The SMILES string of the molecule is CC(=O)NCC(=O)NC1=NCCS1. The summed E-state index contributed by atoms with van der Waals surface area (Å²) in [7, 11) is 0. The van der Waals surface area contributed by atoms with Crippen molar-refractivity contribution < 1.29 is 9.59 Å². The van der Waals surface area contributed by atoms with Crippen molar-refractivity contribution in [3.63, 3.8) is 0 Å². The van der Waals surface area contributed by atoms with Gasteiger partial charge >= 0.3 is 0 Å². The summed E-state index contributed by atoms with van der Waals surface area (Å²) in [6.45, 7) is 2.13. The van der Waals surface area contributed by atoms with Crippen molar-refractivity contribution in [2.75, 3.05) is 18.8 Å². The van der Waals surface area contributed by atoms with E-state index in [0.29, 0.717) is 5.17 Å². The number of aliphatic imine (C=N–C) groups is 1. The topological polar surface area (TPSA) is 70.6 Å². The lowest BCUT2D eigenvalue weighted by Crippen LogP contribution is -2.37. The molecule has 2 amide bonds. The van der Waals surface area contributed by atoms with E-state index in [-0.39, 0.29) is 18.4 Å². The van der Waals surface area contributed by atoms with Gasteiger partial charge in [0.15, 0.2) is 5.17 Å². The number of amides is 2. The second-order valence-corrected chi connectivity index (χ2v) is 3.58. The number of carbonyl (C=O) groups excluding carboxylic acids is 2. The Morgan fingerprint density at radius 2 is 2.38 bits per heavy atom. The van der Waals surface area contributed by atoms with E-state index in [0.717, 1.165) is 12.3 Å². The van der Waals surface area contributed by atoms with E-state index in [2.05, 4.69) is 15.6 Å². The molecule has 1 heterocycles. The molecule has 0 unspecified atom stereocenters. The largest absolute Gasteiger partial charge is 0.347 e. The van der Waals surface area contributed by atoms with Crippen LogP contribution in [0.2, 0.25) is 0 Å². The van der Waals surface area contributed by atoms with E-state index < -0.39 is 0 Å². The van der Waals surface area contributed by atoms with Gasteiger partial charge in [-0.2, -0.15) is 0 Å². The monoisotopic (exact) mass is 201 g/mol. The normalized spacial score (nSPS) is 15.0. The highest BCUT2D eigenvalue weighted by Crippen LogP contribution is 2.08. The molecule has 0 aromatic heterocycles. The van der Waals surface area contributed by atoms with Gasteiger partial charge in [-0.3, -0.25) is 14.6 Å². The predicted octanol–water partition coefficient (Wildman–Crippen LogP) is -0.658. The highest BCUT2D eigenvalue weighted by molar-refractivity contribution is 8.14. The summed E-state index contributed by atoms with van der Waals surface area (Å²) in [6.07, 6.45) is 0. The van der Waals surface area contributed by atoms with Gasteiger partial charge in [0, 0.05) is 12.7 Å². The number of hydrogen-bond acceptors (Lipinski definition) is 4. The minimum Gasteiger partial charge on any atom is -0.347 e. The van der Waals surface area contributed by atoms with Gasteiger partial charge in [-0.05, 0) is 0 Å². The zero-order valence-corrected chi connectivity index (χ0v) is 8.11. The molecule has 0 bridgehead atoms. The quantitative estimate of drug-likeness (QED) is 0.623. The minimum absolute atomic E-state index is 0.00884. The van der Waals surface area contributed by atoms with Crippen LogP contribution in [0.4, 0.5) is 0 Å². The van der Waals surface area contributed by atoms with Crippen LogP contribution in [0.25, 0.3) is 0 Å². The third kappa shape index (κ3) is 3.93. The lowest BCUT2D eigenvalue weighted by molar-refractivity contribution is -0.124. The molecule has 0 radical (unpaired) electrons. The van der Waals surface area contributed by atoms with Crippen LogP contribution in [0.5, 0.6) is 0 Å². The molecule has 0 fully saturated rings. The van der Waals surface area contributed by atoms with Crippen LogP contribution in [-0.2, 0) is 9.59 Å². The van der Waals surface area contributed by atoms with Crippen molar-refractivity contribution in [3.8, 4) is 0 Å². The molecule has 72 valence electrons. The predicted molar refractivity (Wildman–Crippen MR) is 51.6 cm³/mol. The molecule has 2 N–H and O–H groups in total. The average Bonchev–Trinajstić information content (AvgIpc) is 2.53. The van der Waals surface area contributed by atoms with Crippen LogP contribution in [0, 0.1) is 0 Å². The Hall–Kier alpha value is -1.04. The van der Waals surface area contributed by atoms with Crippen LogP contribution in [0.3, 0.4) is 0 Å². The van der Waals surface area contributed by atoms with Gasteiger partial charge in [0.25, 0.3) is 0 Å². The van der Waals surface area contributed by atoms with E-state index in [1.807, 2.05) is 0 Å². The van der Waals surface area contributed by atoms with Gasteiger partial charge in [0.2, 0.25) is 11.8 Å². The number of carbonyl (C=O) groups is 2. The smallest absolute Gasteiger partial charge is 0.245 e. The van der Waals surface area contributed by atoms with Gasteiger partial charge in [0.05, 0.1) is 13.1 Å². The van der Waals surface area contributed by atoms with E-state index in [1.165, 1.54) is 18.7 Å². The number of rotatable bonds is 2. The molecule has 0 saturated heterocycles. The second kappa shape index (κ2) is 4.86. The van der Waals surface area contributed by atoms with Crippen molar-refractivity contribution in [1.82, 2.24) is 10.6 Å². The van der Waals surface area contributed by atoms with Gasteiger partial charge in [-0.15, -0.1) is 0 Å². The molecular formula is C7H11N3O2S. The van der Waals surface area contributed by atoms with Crippen molar-refractivity contribution in [2.45, 2.75) is 6.92 Å². The molecule has 0 saturated carbocycles. The number of thioether (sulfide) groups is 1. The summed E-state index contributed by atoms with van der Waals surface area (Å²) >= 11 is 1.51. The van der Waals surface area contributed by atoms with Crippen LogP contribution in [0.15, 0.2) is 4.99 Å². The maximum absolute atomic E-state index is 11.1. The van der Waals surface area contributed by atoms with E-state index >= 15 is 0 Å². The van der Waals surface area contributed by atoms with Crippen molar-refractivity contribution in [2.24, 2.45) is 4.99 Å². The van der Waals surface area contributed by atoms with Crippen molar-refractivity contribution in [3.05, 3.63) is 0 Å². The third-order valence-electron chi connectivity index (χ3n) is 1.33. The summed E-state index contributed by atoms with van der Waals surface area (Å²) in [5.41, 5.74) is 0. The van der Waals surface area contributed by atoms with Crippen LogP contribution < -0.4 is 10.6 Å². The summed E-state index contributed by atoms with van der Waals surface area (Å²) in [5.74, 6) is 0.468. The standard InChI is InChI=1S/C7H11N3O2S/c1-5(11)9-4-6(12)10-7-8-2-3-13-7/h2-4H2,1H3,(H,9,11)(H,8,10,12). The number of hydrogen-bond donors (Lipinski definition) is 2. The molecular weight excluding hydrogens is 190 g/mol. The van der Waals surface area contributed by atoms with Crippen LogP contribution in [0.1, 0.15) is 6.92 Å². The van der Waals surface area contributed by atoms with E-state index in [4.69, 9.17) is 0 Å². The Bertz CT molecular complexity index is 252. The fourth-order valence-electron chi connectivity index (χ4n) is 0.779. The zero-order valence-electron chi connectivity index (χ0n) is 7.29. The fraction of sp³-hybridized carbons (Fsp3) is 0.571. The number of nitrogens with zero attached hydrogens (tertiary/aromatic N) is 1. The Morgan fingerprint density at radius 1 is 1.62 bits per heavy atom. The van der Waals surface area contributed by atoms with E-state index in [1.54, 1.807) is 0 Å². The maximum atomic E-state index is 11.1. The van der Waals surface area contributed by atoms with Crippen LogP contribution in [-0.4, -0.2) is 35.8 Å². The molecule has 1 aliphatic rings. The van der Waals surface area contributed by atoms with Crippen LogP contribution >= 0.6 is 11.8 Å². The Kier molecular flexibility index (Phi) is 3.75. The first-order valence-electron chi connectivity index (χ1n) is 3.90. The molecule has 5 nitrogen and oxygen atoms in total. The molecule has 0 aromatic carbocycles.